The minimum atomic E-state index is -0.739. The second kappa shape index (κ2) is 16.4. The molecule has 2 aliphatic carbocycles. The average Bonchev–Trinajstić information content (AvgIpc) is 3.02. The van der Waals surface area contributed by atoms with E-state index >= 15 is 0 Å². The quantitative estimate of drug-likeness (QED) is 0.136. The Hall–Kier alpha value is -4.30. The molecular formula is C37H56N6O8+2. The number of ether oxygens (including phenoxy) is 2. The van der Waals surface area contributed by atoms with E-state index in [4.69, 9.17) is 9.47 Å². The molecule has 0 saturated carbocycles. The van der Waals surface area contributed by atoms with Crippen molar-refractivity contribution in [3.05, 3.63) is 46.6 Å². The summed E-state index contributed by atoms with van der Waals surface area (Å²) in [6.45, 7) is 15.0. The van der Waals surface area contributed by atoms with Crippen LogP contribution in [0.1, 0.15) is 60.8 Å². The molecule has 0 aromatic heterocycles. The summed E-state index contributed by atoms with van der Waals surface area (Å²) in [5.41, 5.74) is 0.556. The predicted molar refractivity (Wildman–Crippen MR) is 188 cm³/mol. The molecule has 2 aliphatic heterocycles. The summed E-state index contributed by atoms with van der Waals surface area (Å²) in [5, 5.41) is 5.50. The van der Waals surface area contributed by atoms with Crippen LogP contribution in [0, 0.1) is 11.8 Å². The molecule has 4 aliphatic rings. The number of rotatable bonds is 15. The highest BCUT2D eigenvalue weighted by Gasteiger charge is 2.50. The van der Waals surface area contributed by atoms with Gasteiger partial charge < -0.3 is 29.9 Å². The first-order chi connectivity index (χ1) is 23.9. The van der Waals surface area contributed by atoms with Crippen LogP contribution in [0.15, 0.2) is 46.6 Å². The minimum absolute atomic E-state index is 0.218. The Morgan fingerprint density at radius 1 is 0.647 bits per heavy atom. The van der Waals surface area contributed by atoms with Crippen LogP contribution in [-0.4, -0.2) is 123 Å². The lowest BCUT2D eigenvalue weighted by atomic mass is 9.69. The molecule has 0 aromatic carbocycles. The monoisotopic (exact) mass is 712 g/mol. The number of alkyl carbamates (subject to hydrolysis) is 2. The van der Waals surface area contributed by atoms with Crippen LogP contribution in [0.25, 0.3) is 0 Å². The van der Waals surface area contributed by atoms with Crippen LogP contribution in [0.4, 0.5) is 9.59 Å². The second-order valence-electron chi connectivity index (χ2n) is 15.8. The maximum atomic E-state index is 13.7. The smallest absolute Gasteiger partial charge is 0.407 e. The normalized spacial score (nSPS) is 21.2. The largest absolute Gasteiger partial charge is 0.444 e. The van der Waals surface area contributed by atoms with Crippen molar-refractivity contribution in [1.29, 1.82) is 0 Å². The zero-order valence-corrected chi connectivity index (χ0v) is 31.4. The minimum Gasteiger partial charge on any atom is -0.444 e. The average molecular weight is 713 g/mol. The van der Waals surface area contributed by atoms with Gasteiger partial charge in [0.25, 0.3) is 11.8 Å². The number of hydrogen-bond donors (Lipinski definition) is 4. The number of carbonyl (C=O) groups is 6. The molecule has 4 N–H and O–H groups in total. The number of quaternary nitrogens is 2. The van der Waals surface area contributed by atoms with Crippen LogP contribution in [0.5, 0.6) is 0 Å². The summed E-state index contributed by atoms with van der Waals surface area (Å²) >= 11 is 0. The van der Waals surface area contributed by atoms with E-state index in [1.54, 1.807) is 45.1 Å². The first-order valence-electron chi connectivity index (χ1n) is 18.0. The van der Waals surface area contributed by atoms with Crippen molar-refractivity contribution < 1.29 is 48.0 Å². The van der Waals surface area contributed by atoms with E-state index in [2.05, 4.69) is 10.6 Å². The van der Waals surface area contributed by atoms with Gasteiger partial charge in [-0.15, -0.1) is 0 Å². The third kappa shape index (κ3) is 10.2. The van der Waals surface area contributed by atoms with E-state index in [0.717, 1.165) is 24.4 Å². The van der Waals surface area contributed by atoms with Crippen molar-refractivity contribution in [2.75, 3.05) is 66.5 Å². The molecule has 4 unspecified atom stereocenters. The van der Waals surface area contributed by atoms with Gasteiger partial charge in [-0.25, -0.2) is 9.59 Å². The summed E-state index contributed by atoms with van der Waals surface area (Å²) in [4.78, 5) is 83.3. The number of imide groups is 2. The van der Waals surface area contributed by atoms with Crippen molar-refractivity contribution in [3.63, 3.8) is 0 Å². The molecule has 51 heavy (non-hydrogen) atoms. The summed E-state index contributed by atoms with van der Waals surface area (Å²) in [7, 11) is 4.00. The number of hydrogen-bond acceptors (Lipinski definition) is 8. The first-order valence-corrected chi connectivity index (χ1v) is 18.0. The van der Waals surface area contributed by atoms with Gasteiger partial charge in [-0.3, -0.25) is 29.0 Å². The molecule has 4 atom stereocenters. The molecule has 0 fully saturated rings. The Morgan fingerprint density at radius 2 is 1.04 bits per heavy atom. The van der Waals surface area contributed by atoms with Crippen molar-refractivity contribution >= 4 is 35.8 Å². The Kier molecular flexibility index (Phi) is 12.7. The molecule has 0 aromatic rings. The predicted octanol–water partition coefficient (Wildman–Crippen LogP) is -0.0617. The maximum absolute atomic E-state index is 13.7. The summed E-state index contributed by atoms with van der Waals surface area (Å²) in [6, 6.07) is 0. The third-order valence-corrected chi connectivity index (χ3v) is 9.06. The second-order valence-corrected chi connectivity index (χ2v) is 15.8. The van der Waals surface area contributed by atoms with Crippen LogP contribution < -0.4 is 20.4 Å². The molecule has 0 saturated heterocycles. The summed E-state index contributed by atoms with van der Waals surface area (Å²) in [6.07, 6.45) is 7.79. The van der Waals surface area contributed by atoms with E-state index in [1.807, 2.05) is 34.9 Å². The summed E-state index contributed by atoms with van der Waals surface area (Å²) in [5.74, 6) is -3.00. The number of amides is 6. The standard InChI is InChI=1S/C37H54N6O8/c1-36(2,3)50-34(48)38-16-9-18-40(7)20-11-21-42-30(44)24-12-14-26-29-27(15-13-25(28(24)29)31(42)45)33(47)43(32(26)46)23-22-41(8)19-10-17-39-35(49)51-37(4,5)6/h12-15,24,27H,9-11,16-23H2,1-8H3,(H,38,48)(H,39,49)/p+2. The van der Waals surface area contributed by atoms with Crippen molar-refractivity contribution in [2.24, 2.45) is 11.8 Å². The molecule has 0 bridgehead atoms. The van der Waals surface area contributed by atoms with E-state index < -0.39 is 47.0 Å². The zero-order valence-electron chi connectivity index (χ0n) is 31.4. The van der Waals surface area contributed by atoms with Crippen molar-refractivity contribution in [3.8, 4) is 0 Å². The van der Waals surface area contributed by atoms with Gasteiger partial charge in [-0.05, 0) is 52.7 Å². The van der Waals surface area contributed by atoms with Gasteiger partial charge in [0.05, 0.1) is 58.7 Å². The SMILES string of the molecule is C[NH+](CCCNC(=O)OC(C)(C)C)CCCN1C(=O)C2=C3C4=C(C=CC3C1=O)C(=O)N(CC[NH+](C)CCCNC(=O)OC(C)(C)C)C(=O)C4C=C2. The molecule has 2 heterocycles. The van der Waals surface area contributed by atoms with Gasteiger partial charge >= 0.3 is 12.2 Å². The van der Waals surface area contributed by atoms with Crippen molar-refractivity contribution in [2.45, 2.75) is 72.0 Å². The number of nitrogens with zero attached hydrogens (tertiary/aromatic N) is 2. The fourth-order valence-corrected chi connectivity index (χ4v) is 6.63. The van der Waals surface area contributed by atoms with Crippen molar-refractivity contribution in [1.82, 2.24) is 20.4 Å². The maximum Gasteiger partial charge on any atom is 0.407 e. The molecular weight excluding hydrogens is 656 g/mol. The summed E-state index contributed by atoms with van der Waals surface area (Å²) < 4.78 is 10.5. The lowest BCUT2D eigenvalue weighted by Gasteiger charge is -2.42. The zero-order chi connectivity index (χ0) is 37.7. The van der Waals surface area contributed by atoms with E-state index in [9.17, 15) is 28.8 Å². The molecule has 14 heteroatoms. The lowest BCUT2D eigenvalue weighted by molar-refractivity contribution is -0.879. The molecule has 6 amide bonds. The topological polar surface area (TPSA) is 160 Å². The van der Waals surface area contributed by atoms with Crippen LogP contribution in [-0.2, 0) is 28.7 Å². The van der Waals surface area contributed by atoms with Gasteiger partial charge in [0.2, 0.25) is 11.8 Å². The van der Waals surface area contributed by atoms with Crippen LogP contribution in [0.3, 0.4) is 0 Å². The van der Waals surface area contributed by atoms with Crippen LogP contribution >= 0.6 is 0 Å². The third-order valence-electron chi connectivity index (χ3n) is 9.06. The Labute approximate surface area is 300 Å². The first kappa shape index (κ1) is 39.5. The lowest BCUT2D eigenvalue weighted by Crippen LogP contribution is -3.09. The molecule has 14 nitrogen and oxygen atoms in total. The fourth-order valence-electron chi connectivity index (χ4n) is 6.63. The fraction of sp³-hybridized carbons (Fsp3) is 0.622. The Bertz CT molecular complexity index is 1530. The highest BCUT2D eigenvalue weighted by Crippen LogP contribution is 2.46. The highest BCUT2D eigenvalue weighted by atomic mass is 16.6. The molecule has 0 spiro atoms. The number of nitrogens with one attached hydrogen (secondary N) is 4. The Morgan fingerprint density at radius 3 is 1.47 bits per heavy atom. The van der Waals surface area contributed by atoms with Gasteiger partial charge in [0, 0.05) is 50.0 Å². The highest BCUT2D eigenvalue weighted by molar-refractivity contribution is 6.18. The molecule has 280 valence electrons. The van der Waals surface area contributed by atoms with Gasteiger partial charge in [0.15, 0.2) is 0 Å². The molecule has 4 rings (SSSR count). The van der Waals surface area contributed by atoms with E-state index in [0.29, 0.717) is 61.3 Å². The number of carbonyl (C=O) groups excluding carboxylic acids is 6. The van der Waals surface area contributed by atoms with Gasteiger partial charge in [-0.2, -0.15) is 0 Å². The van der Waals surface area contributed by atoms with Gasteiger partial charge in [-0.1, -0.05) is 24.3 Å². The Balaban J connectivity index is 1.30. The van der Waals surface area contributed by atoms with Gasteiger partial charge in [0.1, 0.15) is 11.2 Å². The van der Waals surface area contributed by atoms with E-state index in [1.165, 1.54) is 14.7 Å². The molecule has 0 radical (unpaired) electrons. The van der Waals surface area contributed by atoms with E-state index in [-0.39, 0.29) is 24.9 Å². The number of likely N-dealkylation sites (N-methyl/N-ethyl adjacent to an activating group) is 1. The van der Waals surface area contributed by atoms with Crippen LogP contribution in [0.2, 0.25) is 0 Å².